The molecule has 0 aliphatic heterocycles. The average Bonchev–Trinajstić information content (AvgIpc) is 2.17. The highest BCUT2D eigenvalue weighted by atomic mass is 19.1. The molecule has 0 aliphatic rings. The lowest BCUT2D eigenvalue weighted by Crippen LogP contribution is -2.12. The van der Waals surface area contributed by atoms with E-state index >= 15 is 0 Å². The fourth-order valence-corrected chi connectivity index (χ4v) is 1.03. The summed E-state index contributed by atoms with van der Waals surface area (Å²) >= 11 is 0. The van der Waals surface area contributed by atoms with Gasteiger partial charge >= 0.3 is 0 Å². The monoisotopic (exact) mass is 168 g/mol. The molecule has 0 heterocycles. The summed E-state index contributed by atoms with van der Waals surface area (Å²) in [7, 11) is 1.51. The lowest BCUT2D eigenvalue weighted by molar-refractivity contribution is 0.0455. The van der Waals surface area contributed by atoms with Crippen molar-refractivity contribution in [2.75, 3.05) is 7.11 Å². The third-order valence-corrected chi connectivity index (χ3v) is 1.90. The van der Waals surface area contributed by atoms with Gasteiger partial charge in [-0.3, -0.25) is 0 Å². The van der Waals surface area contributed by atoms with Crippen LogP contribution < -0.4 is 0 Å². The third-order valence-electron chi connectivity index (χ3n) is 1.90. The minimum atomic E-state index is -1.03. The van der Waals surface area contributed by atoms with Crippen molar-refractivity contribution in [2.45, 2.75) is 19.2 Å². The molecule has 2 unspecified atom stereocenters. The predicted molar refractivity (Wildman–Crippen MR) is 46.8 cm³/mol. The predicted octanol–water partition coefficient (Wildman–Crippen LogP) is 2.73. The third kappa shape index (κ3) is 2.05. The first kappa shape index (κ1) is 9.20. The zero-order valence-corrected chi connectivity index (χ0v) is 7.33. The Morgan fingerprint density at radius 3 is 2.33 bits per heavy atom. The Labute approximate surface area is 72.2 Å². The molecule has 2 heteroatoms. The number of halogens is 1. The summed E-state index contributed by atoms with van der Waals surface area (Å²) in [6.45, 7) is 1.72. The molecule has 0 saturated heterocycles. The highest BCUT2D eigenvalue weighted by Gasteiger charge is 2.16. The van der Waals surface area contributed by atoms with Crippen molar-refractivity contribution in [3.8, 4) is 0 Å². The minimum Gasteiger partial charge on any atom is -0.378 e. The molecule has 0 N–H and O–H groups in total. The number of hydrogen-bond acceptors (Lipinski definition) is 1. The Morgan fingerprint density at radius 1 is 1.25 bits per heavy atom. The van der Waals surface area contributed by atoms with Gasteiger partial charge in [-0.05, 0) is 12.5 Å². The highest BCUT2D eigenvalue weighted by molar-refractivity contribution is 5.18. The maximum Gasteiger partial charge on any atom is 0.151 e. The maximum absolute atomic E-state index is 13.4. The van der Waals surface area contributed by atoms with Crippen LogP contribution in [-0.2, 0) is 4.74 Å². The number of methoxy groups -OCH3 is 1. The average molecular weight is 168 g/mol. The molecule has 0 radical (unpaired) electrons. The van der Waals surface area contributed by atoms with Crippen molar-refractivity contribution in [1.29, 1.82) is 0 Å². The van der Waals surface area contributed by atoms with Crippen LogP contribution in [0, 0.1) is 0 Å². The largest absolute Gasteiger partial charge is 0.378 e. The van der Waals surface area contributed by atoms with Crippen LogP contribution >= 0.6 is 0 Å². The lowest BCUT2D eigenvalue weighted by atomic mass is 10.1. The van der Waals surface area contributed by atoms with Crippen molar-refractivity contribution < 1.29 is 9.13 Å². The van der Waals surface area contributed by atoms with Crippen LogP contribution in [0.25, 0.3) is 0 Å². The smallest absolute Gasteiger partial charge is 0.151 e. The van der Waals surface area contributed by atoms with E-state index in [2.05, 4.69) is 0 Å². The van der Waals surface area contributed by atoms with Crippen LogP contribution in [0.15, 0.2) is 30.3 Å². The van der Waals surface area contributed by atoms with Gasteiger partial charge in [0.05, 0.1) is 6.10 Å². The number of ether oxygens (including phenoxy) is 1. The van der Waals surface area contributed by atoms with E-state index in [4.69, 9.17) is 4.74 Å². The second-order valence-electron chi connectivity index (χ2n) is 2.75. The Hall–Kier alpha value is -0.890. The Bertz CT molecular complexity index is 223. The number of rotatable bonds is 3. The zero-order valence-electron chi connectivity index (χ0n) is 7.33. The van der Waals surface area contributed by atoms with E-state index in [0.717, 1.165) is 0 Å². The van der Waals surface area contributed by atoms with Gasteiger partial charge in [-0.15, -0.1) is 0 Å². The Balaban J connectivity index is 2.71. The normalized spacial score (nSPS) is 15.6. The first-order valence-electron chi connectivity index (χ1n) is 3.97. The molecule has 1 aromatic rings. The van der Waals surface area contributed by atoms with E-state index in [0.29, 0.717) is 5.56 Å². The topological polar surface area (TPSA) is 9.23 Å². The van der Waals surface area contributed by atoms with Crippen LogP contribution in [-0.4, -0.2) is 13.2 Å². The van der Waals surface area contributed by atoms with Crippen molar-refractivity contribution in [2.24, 2.45) is 0 Å². The summed E-state index contributed by atoms with van der Waals surface area (Å²) < 4.78 is 18.3. The van der Waals surface area contributed by atoms with Crippen LogP contribution in [0.5, 0.6) is 0 Å². The van der Waals surface area contributed by atoms with E-state index in [1.807, 2.05) is 18.2 Å². The Kier molecular flexibility index (Phi) is 3.23. The number of alkyl halides is 1. The molecule has 0 fully saturated rings. The van der Waals surface area contributed by atoms with Crippen LogP contribution in [0.1, 0.15) is 18.7 Å². The second kappa shape index (κ2) is 4.21. The molecule has 0 saturated carbocycles. The molecule has 0 aliphatic carbocycles. The van der Waals surface area contributed by atoms with Gasteiger partial charge in [0.2, 0.25) is 0 Å². The standard InChI is InChI=1S/C10H13FO/c1-8(12-2)10(11)9-6-4-3-5-7-9/h3-8,10H,1-2H3. The zero-order chi connectivity index (χ0) is 8.97. The van der Waals surface area contributed by atoms with Gasteiger partial charge in [-0.1, -0.05) is 30.3 Å². The van der Waals surface area contributed by atoms with Gasteiger partial charge in [0, 0.05) is 7.11 Å². The van der Waals surface area contributed by atoms with E-state index < -0.39 is 6.17 Å². The molecule has 1 nitrogen and oxygen atoms in total. The highest BCUT2D eigenvalue weighted by Crippen LogP contribution is 2.22. The molecular weight excluding hydrogens is 155 g/mol. The summed E-state index contributed by atoms with van der Waals surface area (Å²) in [4.78, 5) is 0. The molecule has 0 aromatic heterocycles. The summed E-state index contributed by atoms with van der Waals surface area (Å²) in [5, 5.41) is 0. The van der Waals surface area contributed by atoms with Crippen molar-refractivity contribution in [3.05, 3.63) is 35.9 Å². The van der Waals surface area contributed by atoms with Gasteiger partial charge in [0.25, 0.3) is 0 Å². The summed E-state index contributed by atoms with van der Waals surface area (Å²) in [5.41, 5.74) is 0.673. The molecule has 2 atom stereocenters. The van der Waals surface area contributed by atoms with E-state index in [1.54, 1.807) is 19.1 Å². The van der Waals surface area contributed by atoms with Crippen LogP contribution in [0.2, 0.25) is 0 Å². The molecular formula is C10H13FO. The second-order valence-corrected chi connectivity index (χ2v) is 2.75. The minimum absolute atomic E-state index is 0.382. The number of benzene rings is 1. The van der Waals surface area contributed by atoms with Gasteiger partial charge < -0.3 is 4.74 Å². The van der Waals surface area contributed by atoms with Gasteiger partial charge in [0.15, 0.2) is 6.17 Å². The van der Waals surface area contributed by atoms with E-state index in [-0.39, 0.29) is 6.10 Å². The molecule has 1 aromatic carbocycles. The summed E-state index contributed by atoms with van der Waals surface area (Å²) in [6, 6.07) is 9.04. The Morgan fingerprint density at radius 2 is 1.83 bits per heavy atom. The lowest BCUT2D eigenvalue weighted by Gasteiger charge is -2.14. The van der Waals surface area contributed by atoms with E-state index in [1.165, 1.54) is 7.11 Å². The first-order valence-corrected chi connectivity index (χ1v) is 3.97. The van der Waals surface area contributed by atoms with Gasteiger partial charge in [0.1, 0.15) is 0 Å². The maximum atomic E-state index is 13.4. The quantitative estimate of drug-likeness (QED) is 0.674. The van der Waals surface area contributed by atoms with Gasteiger partial charge in [-0.25, -0.2) is 4.39 Å². The fraction of sp³-hybridized carbons (Fsp3) is 0.400. The molecule has 66 valence electrons. The molecule has 0 spiro atoms. The van der Waals surface area contributed by atoms with Crippen molar-refractivity contribution >= 4 is 0 Å². The summed E-state index contributed by atoms with van der Waals surface area (Å²) in [6.07, 6.45) is -1.41. The fourth-order valence-electron chi connectivity index (χ4n) is 1.03. The first-order chi connectivity index (χ1) is 5.75. The molecule has 0 bridgehead atoms. The van der Waals surface area contributed by atoms with Crippen LogP contribution in [0.3, 0.4) is 0 Å². The molecule has 1 rings (SSSR count). The van der Waals surface area contributed by atoms with Crippen molar-refractivity contribution in [1.82, 2.24) is 0 Å². The summed E-state index contributed by atoms with van der Waals surface area (Å²) in [5.74, 6) is 0. The van der Waals surface area contributed by atoms with Gasteiger partial charge in [-0.2, -0.15) is 0 Å². The number of hydrogen-bond donors (Lipinski definition) is 0. The molecule has 0 amide bonds. The van der Waals surface area contributed by atoms with Crippen molar-refractivity contribution in [3.63, 3.8) is 0 Å². The SMILES string of the molecule is COC(C)C(F)c1ccccc1. The molecule has 12 heavy (non-hydrogen) atoms. The van der Waals surface area contributed by atoms with Crippen LogP contribution in [0.4, 0.5) is 4.39 Å². The van der Waals surface area contributed by atoms with E-state index in [9.17, 15) is 4.39 Å².